The molecule has 2 aromatic rings. The first-order valence-electron chi connectivity index (χ1n) is 5.72. The van der Waals surface area contributed by atoms with Crippen LogP contribution in [0, 0.1) is 6.92 Å². The van der Waals surface area contributed by atoms with Gasteiger partial charge in [0.1, 0.15) is 11.6 Å². The van der Waals surface area contributed by atoms with Crippen LogP contribution in [0.2, 0.25) is 0 Å². The highest BCUT2D eigenvalue weighted by Gasteiger charge is 2.17. The molecule has 1 aromatic carbocycles. The van der Waals surface area contributed by atoms with Crippen LogP contribution in [0.15, 0.2) is 45.9 Å². The summed E-state index contributed by atoms with van der Waals surface area (Å²) in [5, 5.41) is 0. The van der Waals surface area contributed by atoms with Gasteiger partial charge in [0, 0.05) is 6.20 Å². The SMILES string of the molecule is COc1ccc(S(=O)(=O)Nc2ncccc2C)cc1Br. The number of nitrogens with one attached hydrogen (secondary N) is 1. The lowest BCUT2D eigenvalue weighted by Crippen LogP contribution is -2.14. The Labute approximate surface area is 126 Å². The van der Waals surface area contributed by atoms with E-state index in [1.165, 1.54) is 25.4 Å². The van der Waals surface area contributed by atoms with Crippen LogP contribution in [0.4, 0.5) is 5.82 Å². The van der Waals surface area contributed by atoms with Crippen molar-refractivity contribution in [3.63, 3.8) is 0 Å². The number of pyridine rings is 1. The molecule has 0 aliphatic heterocycles. The lowest BCUT2D eigenvalue weighted by atomic mass is 10.3. The summed E-state index contributed by atoms with van der Waals surface area (Å²) in [6, 6.07) is 8.08. The van der Waals surface area contributed by atoms with Crippen molar-refractivity contribution in [1.29, 1.82) is 0 Å². The summed E-state index contributed by atoms with van der Waals surface area (Å²) in [4.78, 5) is 4.15. The molecule has 0 atom stereocenters. The molecule has 1 heterocycles. The minimum absolute atomic E-state index is 0.134. The Morgan fingerprint density at radius 1 is 1.30 bits per heavy atom. The summed E-state index contributed by atoms with van der Waals surface area (Å²) in [5.41, 5.74) is 0.753. The van der Waals surface area contributed by atoms with Crippen molar-refractivity contribution in [2.24, 2.45) is 0 Å². The molecule has 5 nitrogen and oxygen atoms in total. The highest BCUT2D eigenvalue weighted by molar-refractivity contribution is 9.10. The minimum Gasteiger partial charge on any atom is -0.496 e. The molecule has 0 aliphatic rings. The van der Waals surface area contributed by atoms with Gasteiger partial charge in [0.15, 0.2) is 0 Å². The largest absolute Gasteiger partial charge is 0.496 e. The molecule has 0 bridgehead atoms. The molecule has 0 saturated carbocycles. The minimum atomic E-state index is -3.68. The lowest BCUT2D eigenvalue weighted by Gasteiger charge is -2.10. The van der Waals surface area contributed by atoms with Crippen molar-refractivity contribution < 1.29 is 13.2 Å². The summed E-state index contributed by atoms with van der Waals surface area (Å²) >= 11 is 3.27. The van der Waals surface area contributed by atoms with Crippen LogP contribution in [-0.4, -0.2) is 20.5 Å². The first-order valence-corrected chi connectivity index (χ1v) is 7.99. The first-order chi connectivity index (χ1) is 9.44. The number of aryl methyl sites for hydroxylation is 1. The quantitative estimate of drug-likeness (QED) is 0.914. The van der Waals surface area contributed by atoms with Gasteiger partial charge in [-0.05, 0) is 52.7 Å². The van der Waals surface area contributed by atoms with Crippen LogP contribution in [0.3, 0.4) is 0 Å². The van der Waals surface area contributed by atoms with E-state index in [2.05, 4.69) is 25.6 Å². The Morgan fingerprint density at radius 3 is 2.65 bits per heavy atom. The monoisotopic (exact) mass is 356 g/mol. The molecular weight excluding hydrogens is 344 g/mol. The molecule has 0 spiro atoms. The second-order valence-electron chi connectivity index (χ2n) is 4.07. The number of anilines is 1. The number of nitrogens with zero attached hydrogens (tertiary/aromatic N) is 1. The van der Waals surface area contributed by atoms with E-state index in [0.29, 0.717) is 16.0 Å². The van der Waals surface area contributed by atoms with Crippen molar-refractivity contribution in [3.05, 3.63) is 46.6 Å². The van der Waals surface area contributed by atoms with Gasteiger partial charge in [-0.2, -0.15) is 0 Å². The second-order valence-corrected chi connectivity index (χ2v) is 6.61. The van der Waals surface area contributed by atoms with Crippen LogP contribution in [0.1, 0.15) is 5.56 Å². The number of halogens is 1. The molecule has 0 aliphatic carbocycles. The van der Waals surface area contributed by atoms with Crippen LogP contribution in [0.25, 0.3) is 0 Å². The van der Waals surface area contributed by atoms with Crippen LogP contribution in [-0.2, 0) is 10.0 Å². The third-order valence-corrected chi connectivity index (χ3v) is 4.63. The van der Waals surface area contributed by atoms with Gasteiger partial charge in [-0.1, -0.05) is 6.07 Å². The number of hydrogen-bond acceptors (Lipinski definition) is 4. The molecule has 106 valence electrons. The Morgan fingerprint density at radius 2 is 2.05 bits per heavy atom. The molecule has 1 N–H and O–H groups in total. The summed E-state index contributed by atoms with van der Waals surface area (Å²) < 4.78 is 32.7. The molecule has 0 radical (unpaired) electrons. The smallest absolute Gasteiger partial charge is 0.263 e. The van der Waals surface area contributed by atoms with Crippen LogP contribution >= 0.6 is 15.9 Å². The molecule has 0 unspecified atom stereocenters. The van der Waals surface area contributed by atoms with Gasteiger partial charge in [-0.15, -0.1) is 0 Å². The van der Waals surface area contributed by atoms with E-state index in [4.69, 9.17) is 4.74 Å². The number of ether oxygens (including phenoxy) is 1. The average molecular weight is 357 g/mol. The number of hydrogen-bond donors (Lipinski definition) is 1. The fourth-order valence-electron chi connectivity index (χ4n) is 1.59. The maximum atomic E-state index is 12.3. The normalized spacial score (nSPS) is 11.2. The van der Waals surface area contributed by atoms with Gasteiger partial charge in [0.2, 0.25) is 0 Å². The molecular formula is C13H13BrN2O3S. The van der Waals surface area contributed by atoms with Crippen molar-refractivity contribution in [3.8, 4) is 5.75 Å². The highest BCUT2D eigenvalue weighted by atomic mass is 79.9. The number of sulfonamides is 1. The summed E-state index contributed by atoms with van der Waals surface area (Å²) in [6.07, 6.45) is 1.54. The lowest BCUT2D eigenvalue weighted by molar-refractivity contribution is 0.411. The molecule has 0 amide bonds. The Bertz CT molecular complexity index is 732. The van der Waals surface area contributed by atoms with Gasteiger partial charge >= 0.3 is 0 Å². The summed E-state index contributed by atoms with van der Waals surface area (Å²) in [5.74, 6) is 0.886. The number of methoxy groups -OCH3 is 1. The van der Waals surface area contributed by atoms with E-state index >= 15 is 0 Å². The zero-order valence-corrected chi connectivity index (χ0v) is 13.3. The molecule has 1 aromatic heterocycles. The van der Waals surface area contributed by atoms with Crippen molar-refractivity contribution in [2.45, 2.75) is 11.8 Å². The molecule has 7 heteroatoms. The van der Waals surface area contributed by atoms with E-state index in [9.17, 15) is 8.42 Å². The summed E-state index contributed by atoms with van der Waals surface area (Å²) in [6.45, 7) is 1.79. The number of benzene rings is 1. The third kappa shape index (κ3) is 3.10. The maximum Gasteiger partial charge on any atom is 0.263 e. The van der Waals surface area contributed by atoms with Gasteiger partial charge in [0.05, 0.1) is 16.5 Å². The molecule has 0 saturated heterocycles. The summed E-state index contributed by atoms with van der Waals surface area (Å²) in [7, 11) is -2.16. The van der Waals surface area contributed by atoms with Crippen molar-refractivity contribution >= 4 is 31.8 Å². The fourth-order valence-corrected chi connectivity index (χ4v) is 3.39. The second kappa shape index (κ2) is 5.80. The van der Waals surface area contributed by atoms with Crippen LogP contribution in [0.5, 0.6) is 5.75 Å². The van der Waals surface area contributed by atoms with E-state index in [1.54, 1.807) is 25.1 Å². The van der Waals surface area contributed by atoms with Crippen molar-refractivity contribution in [2.75, 3.05) is 11.8 Å². The van der Waals surface area contributed by atoms with Gasteiger partial charge in [-0.25, -0.2) is 13.4 Å². The number of rotatable bonds is 4. The first kappa shape index (κ1) is 14.8. The predicted molar refractivity (Wildman–Crippen MR) is 80.5 cm³/mol. The van der Waals surface area contributed by atoms with Gasteiger partial charge in [-0.3, -0.25) is 4.72 Å². The highest BCUT2D eigenvalue weighted by Crippen LogP contribution is 2.28. The fraction of sp³-hybridized carbons (Fsp3) is 0.154. The van der Waals surface area contributed by atoms with E-state index < -0.39 is 10.0 Å². The predicted octanol–water partition coefficient (Wildman–Crippen LogP) is 2.96. The molecule has 0 fully saturated rings. The Kier molecular flexibility index (Phi) is 4.29. The standard InChI is InChI=1S/C13H13BrN2O3S/c1-9-4-3-7-15-13(9)16-20(17,18)10-5-6-12(19-2)11(14)8-10/h3-8H,1-2H3,(H,15,16). The topological polar surface area (TPSA) is 68.3 Å². The van der Waals surface area contributed by atoms with Gasteiger partial charge in [0.25, 0.3) is 10.0 Å². The number of aromatic nitrogens is 1. The van der Waals surface area contributed by atoms with E-state index in [1.807, 2.05) is 0 Å². The Balaban J connectivity index is 2.36. The Hall–Kier alpha value is -1.60. The maximum absolute atomic E-state index is 12.3. The van der Waals surface area contributed by atoms with E-state index in [0.717, 1.165) is 5.56 Å². The zero-order chi connectivity index (χ0) is 14.8. The third-order valence-electron chi connectivity index (χ3n) is 2.67. The van der Waals surface area contributed by atoms with Gasteiger partial charge < -0.3 is 4.74 Å². The molecule has 20 heavy (non-hydrogen) atoms. The van der Waals surface area contributed by atoms with Crippen molar-refractivity contribution in [1.82, 2.24) is 4.98 Å². The average Bonchev–Trinajstić information content (AvgIpc) is 2.41. The zero-order valence-electron chi connectivity index (χ0n) is 10.9. The van der Waals surface area contributed by atoms with E-state index in [-0.39, 0.29) is 4.90 Å². The van der Waals surface area contributed by atoms with Crippen LogP contribution < -0.4 is 9.46 Å². The molecule has 2 rings (SSSR count).